The lowest BCUT2D eigenvalue weighted by Gasteiger charge is -2.46. The van der Waals surface area contributed by atoms with E-state index in [1.807, 2.05) is 24.4 Å². The average Bonchev–Trinajstić information content (AvgIpc) is 3.89. The summed E-state index contributed by atoms with van der Waals surface area (Å²) in [6.45, 7) is 7.81. The molecule has 12 nitrogen and oxygen atoms in total. The monoisotopic (exact) mass is 704 g/mol. The van der Waals surface area contributed by atoms with Crippen molar-refractivity contribution in [2.75, 3.05) is 48.0 Å². The molecule has 3 fully saturated rings. The van der Waals surface area contributed by atoms with E-state index >= 15 is 4.39 Å². The number of aliphatic hydroxyl groups is 2. The average molecular weight is 705 g/mol. The Balaban J connectivity index is 1.03. The van der Waals surface area contributed by atoms with Gasteiger partial charge in [0.25, 0.3) is 5.56 Å². The van der Waals surface area contributed by atoms with Gasteiger partial charge in [-0.2, -0.15) is 0 Å². The van der Waals surface area contributed by atoms with Crippen LogP contribution in [0, 0.1) is 5.82 Å². The zero-order valence-electron chi connectivity index (χ0n) is 29.1. The second-order valence-electron chi connectivity index (χ2n) is 14.5. The number of fused-ring (bicyclic) bond motifs is 2. The summed E-state index contributed by atoms with van der Waals surface area (Å²) in [5.41, 5.74) is 2.58. The first-order valence-electron chi connectivity index (χ1n) is 17.9. The molecule has 2 atom stereocenters. The maximum atomic E-state index is 15.7. The Bertz CT molecular complexity index is 2260. The Morgan fingerprint density at radius 3 is 2.65 bits per heavy atom. The number of nitrogens with one attached hydrogen (secondary N) is 2. The molecule has 0 amide bonds. The second-order valence-corrected chi connectivity index (χ2v) is 14.5. The summed E-state index contributed by atoms with van der Waals surface area (Å²) in [7, 11) is 0. The Labute approximate surface area is 299 Å². The van der Waals surface area contributed by atoms with Gasteiger partial charge in [-0.1, -0.05) is 12.1 Å². The van der Waals surface area contributed by atoms with Crippen molar-refractivity contribution in [1.29, 1.82) is 0 Å². The zero-order valence-corrected chi connectivity index (χ0v) is 29.1. The number of H-pyrrole nitrogens is 1. The van der Waals surface area contributed by atoms with Gasteiger partial charge in [0.2, 0.25) is 0 Å². The summed E-state index contributed by atoms with van der Waals surface area (Å²) in [6, 6.07) is 15.3. The molecular weight excluding hydrogens is 663 g/mol. The van der Waals surface area contributed by atoms with Crippen molar-refractivity contribution in [3.63, 3.8) is 0 Å². The fourth-order valence-electron chi connectivity index (χ4n) is 8.05. The lowest BCUT2D eigenvalue weighted by Crippen LogP contribution is -2.59. The lowest BCUT2D eigenvalue weighted by atomic mass is 9.90. The Hall–Kier alpha value is -5.08. The summed E-state index contributed by atoms with van der Waals surface area (Å²) in [6.07, 6.45) is 8.98. The quantitative estimate of drug-likeness (QED) is 0.176. The third-order valence-electron chi connectivity index (χ3n) is 11.0. The van der Waals surface area contributed by atoms with E-state index in [4.69, 9.17) is 14.8 Å². The Morgan fingerprint density at radius 2 is 1.94 bits per heavy atom. The third kappa shape index (κ3) is 5.46. The van der Waals surface area contributed by atoms with Crippen molar-refractivity contribution in [1.82, 2.24) is 24.6 Å². The standard InChI is InChI=1S/C39H41FN8O4/c1-23-19-45(28-21-52-22-28)14-15-46(23)27-8-9-34(42-18-27)43-37-35-33(10-12-41-38(35)50)48(44-37)32-5-3-4-31(29(32)20-49)47-13-11-25-16-26(24-6-7-24)17-30(40)36(25)39(47,2)51/h3-5,8-13,16-18,23-24,28,49,51H,6-7,14-15,19-22H2,1-2H3,(H,41,50)(H,42,43,44). The van der Waals surface area contributed by atoms with Gasteiger partial charge in [-0.3, -0.25) is 9.69 Å². The molecule has 2 saturated heterocycles. The van der Waals surface area contributed by atoms with E-state index in [9.17, 15) is 15.0 Å². The summed E-state index contributed by atoms with van der Waals surface area (Å²) < 4.78 is 22.7. The Morgan fingerprint density at radius 1 is 1.12 bits per heavy atom. The molecule has 2 unspecified atom stereocenters. The van der Waals surface area contributed by atoms with Crippen LogP contribution in [-0.4, -0.2) is 79.8 Å². The number of rotatable bonds is 8. The molecular formula is C39H41FN8O4. The van der Waals surface area contributed by atoms with Gasteiger partial charge in [0.05, 0.1) is 54.6 Å². The minimum Gasteiger partial charge on any atom is -0.392 e. The minimum absolute atomic E-state index is 0.176. The fraction of sp³-hybridized carbons (Fsp3) is 0.359. The first-order valence-corrected chi connectivity index (χ1v) is 17.9. The van der Waals surface area contributed by atoms with Crippen molar-refractivity contribution in [3.05, 3.63) is 106 Å². The van der Waals surface area contributed by atoms with Crippen LogP contribution >= 0.6 is 0 Å². The number of aliphatic hydroxyl groups excluding tert-OH is 1. The molecule has 3 aliphatic heterocycles. The molecule has 6 heterocycles. The van der Waals surface area contributed by atoms with Crippen LogP contribution in [0.15, 0.2) is 71.9 Å². The van der Waals surface area contributed by atoms with Gasteiger partial charge in [-0.05, 0) is 86.2 Å². The van der Waals surface area contributed by atoms with Crippen LogP contribution in [0.25, 0.3) is 22.7 Å². The van der Waals surface area contributed by atoms with Gasteiger partial charge in [0.1, 0.15) is 17.0 Å². The van der Waals surface area contributed by atoms with Crippen molar-refractivity contribution in [2.24, 2.45) is 0 Å². The van der Waals surface area contributed by atoms with Gasteiger partial charge in [0, 0.05) is 49.2 Å². The SMILES string of the molecule is CC1CN(C2COC2)CCN1c1ccc(Nc2nn(-c3cccc(N4C=Cc5cc(C6CC6)cc(F)c5C4(C)O)c3CO)c3cc[nH]c(=O)c23)nc1. The van der Waals surface area contributed by atoms with E-state index in [0.29, 0.717) is 63.0 Å². The van der Waals surface area contributed by atoms with Gasteiger partial charge in [-0.15, -0.1) is 5.10 Å². The first-order chi connectivity index (χ1) is 25.2. The van der Waals surface area contributed by atoms with Crippen LogP contribution in [0.3, 0.4) is 0 Å². The molecule has 268 valence electrons. The zero-order chi connectivity index (χ0) is 35.7. The molecule has 1 aliphatic carbocycles. The molecule has 5 aromatic rings. The second kappa shape index (κ2) is 12.6. The number of aromatic nitrogens is 4. The van der Waals surface area contributed by atoms with E-state index in [0.717, 1.165) is 56.9 Å². The number of hydrogen-bond acceptors (Lipinski definition) is 10. The van der Waals surface area contributed by atoms with Gasteiger partial charge < -0.3 is 35.1 Å². The highest BCUT2D eigenvalue weighted by Gasteiger charge is 2.40. The number of aromatic amines is 1. The maximum Gasteiger partial charge on any atom is 0.261 e. The first kappa shape index (κ1) is 32.8. The predicted molar refractivity (Wildman–Crippen MR) is 198 cm³/mol. The number of hydrogen-bond donors (Lipinski definition) is 4. The van der Waals surface area contributed by atoms with Gasteiger partial charge >= 0.3 is 0 Å². The van der Waals surface area contributed by atoms with Gasteiger partial charge in [0.15, 0.2) is 11.5 Å². The van der Waals surface area contributed by atoms with Crippen LogP contribution in [0.4, 0.5) is 27.4 Å². The molecule has 9 rings (SSSR count). The van der Waals surface area contributed by atoms with Crippen LogP contribution < -0.4 is 20.7 Å². The number of benzene rings is 2. The van der Waals surface area contributed by atoms with Crippen LogP contribution in [0.1, 0.15) is 54.9 Å². The van der Waals surface area contributed by atoms with Crippen LogP contribution in [0.2, 0.25) is 0 Å². The third-order valence-corrected chi connectivity index (χ3v) is 11.0. The molecule has 2 aromatic carbocycles. The van der Waals surface area contributed by atoms with E-state index in [-0.39, 0.29) is 11.1 Å². The molecule has 0 spiro atoms. The molecule has 3 aromatic heterocycles. The van der Waals surface area contributed by atoms with E-state index in [2.05, 4.69) is 27.0 Å². The van der Waals surface area contributed by atoms with Crippen LogP contribution in [0.5, 0.6) is 0 Å². The largest absolute Gasteiger partial charge is 0.392 e. The molecule has 13 heteroatoms. The Kier molecular flexibility index (Phi) is 7.92. The lowest BCUT2D eigenvalue weighted by molar-refractivity contribution is -0.0691. The summed E-state index contributed by atoms with van der Waals surface area (Å²) in [5, 5.41) is 31.2. The molecule has 0 bridgehead atoms. The highest BCUT2D eigenvalue weighted by molar-refractivity contribution is 5.92. The van der Waals surface area contributed by atoms with Gasteiger partial charge in [-0.25, -0.2) is 14.1 Å². The number of piperazine rings is 1. The molecule has 0 radical (unpaired) electrons. The number of pyridine rings is 2. The maximum absolute atomic E-state index is 15.7. The molecule has 4 N–H and O–H groups in total. The summed E-state index contributed by atoms with van der Waals surface area (Å²) >= 11 is 0. The van der Waals surface area contributed by atoms with Crippen molar-refractivity contribution >= 4 is 40.0 Å². The number of nitrogens with zero attached hydrogens (tertiary/aromatic N) is 6. The summed E-state index contributed by atoms with van der Waals surface area (Å²) in [4.78, 5) is 27.1. The number of halogens is 1. The fourth-order valence-corrected chi connectivity index (χ4v) is 8.05. The van der Waals surface area contributed by atoms with Crippen molar-refractivity contribution in [3.8, 4) is 5.69 Å². The van der Waals surface area contributed by atoms with Crippen LogP contribution in [-0.2, 0) is 17.1 Å². The highest BCUT2D eigenvalue weighted by atomic mass is 19.1. The molecule has 4 aliphatic rings. The summed E-state index contributed by atoms with van der Waals surface area (Å²) in [5.74, 6) is 0.713. The minimum atomic E-state index is -1.76. The molecule has 52 heavy (non-hydrogen) atoms. The van der Waals surface area contributed by atoms with E-state index < -0.39 is 18.1 Å². The normalized spacial score (nSPS) is 22.1. The van der Waals surface area contributed by atoms with Crippen molar-refractivity contribution < 1.29 is 19.3 Å². The topological polar surface area (TPSA) is 135 Å². The van der Waals surface area contributed by atoms with E-state index in [1.165, 1.54) is 6.07 Å². The molecule has 1 saturated carbocycles. The number of ether oxygens (including phenoxy) is 1. The van der Waals surface area contributed by atoms with Crippen molar-refractivity contribution in [2.45, 2.75) is 57.0 Å². The highest BCUT2D eigenvalue weighted by Crippen LogP contribution is 2.46. The number of anilines is 4. The smallest absolute Gasteiger partial charge is 0.261 e. The predicted octanol–water partition coefficient (Wildman–Crippen LogP) is 4.93. The van der Waals surface area contributed by atoms with E-state index in [1.54, 1.807) is 59.2 Å².